The van der Waals surface area contributed by atoms with Crippen LogP contribution in [-0.4, -0.2) is 21.4 Å². The highest BCUT2D eigenvalue weighted by Gasteiger charge is 2.15. The maximum Gasteiger partial charge on any atom is 0.255 e. The molecular formula is C14H12Cl2N2O3S. The number of halogens is 2. The summed E-state index contributed by atoms with van der Waals surface area (Å²) >= 11 is 11.8. The first-order valence-corrected chi connectivity index (χ1v) is 8.37. The molecule has 0 atom stereocenters. The molecular weight excluding hydrogens is 347 g/mol. The van der Waals surface area contributed by atoms with Gasteiger partial charge < -0.3 is 5.32 Å². The molecule has 0 aliphatic rings. The lowest BCUT2D eigenvalue weighted by Gasteiger charge is -2.09. The number of carbonyl (C=O) groups excluding carboxylic acids is 1. The van der Waals surface area contributed by atoms with Gasteiger partial charge in [0.05, 0.1) is 15.6 Å². The van der Waals surface area contributed by atoms with E-state index in [-0.39, 0.29) is 10.5 Å². The molecule has 2 aromatic carbocycles. The Kier molecular flexibility index (Phi) is 5.08. The first kappa shape index (κ1) is 16.8. The van der Waals surface area contributed by atoms with E-state index in [1.54, 1.807) is 12.1 Å². The van der Waals surface area contributed by atoms with Crippen LogP contribution in [0.1, 0.15) is 10.4 Å². The average molecular weight is 359 g/mol. The second-order valence-electron chi connectivity index (χ2n) is 4.31. The van der Waals surface area contributed by atoms with E-state index in [4.69, 9.17) is 23.2 Å². The Morgan fingerprint density at radius 2 is 1.82 bits per heavy atom. The highest BCUT2D eigenvalue weighted by Crippen LogP contribution is 2.26. The zero-order chi connectivity index (χ0) is 16.3. The smallest absolute Gasteiger partial charge is 0.255 e. The Morgan fingerprint density at radius 3 is 2.50 bits per heavy atom. The molecule has 22 heavy (non-hydrogen) atoms. The van der Waals surface area contributed by atoms with Crippen LogP contribution in [0.4, 0.5) is 5.69 Å². The molecule has 116 valence electrons. The SMILES string of the molecule is CNS(=O)(=O)c1cccc(C(=O)Nc2cc(Cl)ccc2Cl)c1. The van der Waals surface area contributed by atoms with Gasteiger partial charge in [-0.1, -0.05) is 29.3 Å². The third kappa shape index (κ3) is 3.78. The number of benzene rings is 2. The molecule has 2 rings (SSSR count). The van der Waals surface area contributed by atoms with Crippen LogP contribution in [0.15, 0.2) is 47.4 Å². The summed E-state index contributed by atoms with van der Waals surface area (Å²) in [6, 6.07) is 10.3. The predicted octanol–water partition coefficient (Wildman–Crippen LogP) is 3.15. The molecule has 0 aromatic heterocycles. The summed E-state index contributed by atoms with van der Waals surface area (Å²) in [6.07, 6.45) is 0. The van der Waals surface area contributed by atoms with E-state index in [9.17, 15) is 13.2 Å². The number of anilines is 1. The number of sulfonamides is 1. The van der Waals surface area contributed by atoms with Crippen molar-refractivity contribution in [3.8, 4) is 0 Å². The van der Waals surface area contributed by atoms with Crippen molar-refractivity contribution < 1.29 is 13.2 Å². The fourth-order valence-corrected chi connectivity index (χ4v) is 2.82. The summed E-state index contributed by atoms with van der Waals surface area (Å²) in [5.41, 5.74) is 0.536. The summed E-state index contributed by atoms with van der Waals surface area (Å²) in [6.45, 7) is 0. The Hall–Kier alpha value is -1.60. The monoisotopic (exact) mass is 358 g/mol. The van der Waals surface area contributed by atoms with Crippen molar-refractivity contribution in [2.45, 2.75) is 4.90 Å². The lowest BCUT2D eigenvalue weighted by Crippen LogP contribution is -2.19. The van der Waals surface area contributed by atoms with Crippen molar-refractivity contribution >= 4 is 44.8 Å². The van der Waals surface area contributed by atoms with Gasteiger partial charge in [0.25, 0.3) is 5.91 Å². The van der Waals surface area contributed by atoms with Crippen molar-refractivity contribution in [1.82, 2.24) is 4.72 Å². The normalized spacial score (nSPS) is 11.2. The zero-order valence-corrected chi connectivity index (χ0v) is 13.8. The van der Waals surface area contributed by atoms with Gasteiger partial charge in [-0.15, -0.1) is 0 Å². The van der Waals surface area contributed by atoms with Crippen molar-refractivity contribution in [2.75, 3.05) is 12.4 Å². The third-order valence-corrected chi connectivity index (χ3v) is 4.83. The summed E-state index contributed by atoms with van der Waals surface area (Å²) in [7, 11) is -2.32. The maximum absolute atomic E-state index is 12.2. The van der Waals surface area contributed by atoms with E-state index < -0.39 is 15.9 Å². The predicted molar refractivity (Wildman–Crippen MR) is 87.1 cm³/mol. The molecule has 2 N–H and O–H groups in total. The Balaban J connectivity index is 2.31. The second-order valence-corrected chi connectivity index (χ2v) is 7.04. The maximum atomic E-state index is 12.2. The van der Waals surface area contributed by atoms with Gasteiger partial charge >= 0.3 is 0 Å². The molecule has 0 aliphatic carbocycles. The first-order valence-electron chi connectivity index (χ1n) is 6.13. The lowest BCUT2D eigenvalue weighted by molar-refractivity contribution is 0.102. The molecule has 0 fully saturated rings. The lowest BCUT2D eigenvalue weighted by atomic mass is 10.2. The van der Waals surface area contributed by atoms with E-state index in [0.29, 0.717) is 15.7 Å². The molecule has 0 bridgehead atoms. The van der Waals surface area contributed by atoms with E-state index in [0.717, 1.165) is 0 Å². The van der Waals surface area contributed by atoms with Gasteiger partial charge in [-0.3, -0.25) is 4.79 Å². The van der Waals surface area contributed by atoms with Gasteiger partial charge in [0.15, 0.2) is 0 Å². The van der Waals surface area contributed by atoms with Crippen molar-refractivity contribution in [3.05, 3.63) is 58.1 Å². The summed E-state index contributed by atoms with van der Waals surface area (Å²) in [5.74, 6) is -0.489. The van der Waals surface area contributed by atoms with Crippen molar-refractivity contribution in [1.29, 1.82) is 0 Å². The molecule has 8 heteroatoms. The van der Waals surface area contributed by atoms with Gasteiger partial charge in [0.2, 0.25) is 10.0 Å². The second kappa shape index (κ2) is 6.66. The number of rotatable bonds is 4. The zero-order valence-electron chi connectivity index (χ0n) is 11.4. The van der Waals surface area contributed by atoms with Crippen LogP contribution in [0.3, 0.4) is 0 Å². The number of amides is 1. The summed E-state index contributed by atoms with van der Waals surface area (Å²) in [5, 5.41) is 3.35. The van der Waals surface area contributed by atoms with Crippen LogP contribution < -0.4 is 10.0 Å². The molecule has 0 saturated heterocycles. The molecule has 0 saturated carbocycles. The van der Waals surface area contributed by atoms with Crippen molar-refractivity contribution in [2.24, 2.45) is 0 Å². The molecule has 0 radical (unpaired) electrons. The highest BCUT2D eigenvalue weighted by atomic mass is 35.5. The van der Waals surface area contributed by atoms with Gasteiger partial charge in [-0.2, -0.15) is 0 Å². The van der Waals surface area contributed by atoms with Gasteiger partial charge in [-0.05, 0) is 43.4 Å². The number of hydrogen-bond acceptors (Lipinski definition) is 3. The van der Waals surface area contributed by atoms with Crippen molar-refractivity contribution in [3.63, 3.8) is 0 Å². The first-order chi connectivity index (χ1) is 10.3. The Bertz CT molecular complexity index is 823. The third-order valence-electron chi connectivity index (χ3n) is 2.85. The number of nitrogens with one attached hydrogen (secondary N) is 2. The molecule has 0 spiro atoms. The average Bonchev–Trinajstić information content (AvgIpc) is 2.51. The van der Waals surface area contributed by atoms with Crippen LogP contribution in [-0.2, 0) is 10.0 Å². The van der Waals surface area contributed by atoms with Gasteiger partial charge in [-0.25, -0.2) is 13.1 Å². The molecule has 5 nitrogen and oxygen atoms in total. The largest absolute Gasteiger partial charge is 0.321 e. The fourth-order valence-electron chi connectivity index (χ4n) is 1.71. The Morgan fingerprint density at radius 1 is 1.09 bits per heavy atom. The minimum Gasteiger partial charge on any atom is -0.321 e. The van der Waals surface area contributed by atoms with Crippen LogP contribution in [0, 0.1) is 0 Å². The molecule has 1 amide bonds. The van der Waals surface area contributed by atoms with E-state index in [2.05, 4.69) is 10.0 Å². The minimum atomic E-state index is -3.62. The van der Waals surface area contributed by atoms with Crippen LogP contribution >= 0.6 is 23.2 Å². The molecule has 0 aliphatic heterocycles. The fraction of sp³-hybridized carbons (Fsp3) is 0.0714. The van der Waals surface area contributed by atoms with Crippen LogP contribution in [0.25, 0.3) is 0 Å². The standard InChI is InChI=1S/C14H12Cl2N2O3S/c1-17-22(20,21)11-4-2-3-9(7-11)14(19)18-13-8-10(15)5-6-12(13)16/h2-8,17H,1H3,(H,18,19). The topological polar surface area (TPSA) is 75.3 Å². The van der Waals surface area contributed by atoms with Crippen LogP contribution in [0.2, 0.25) is 10.0 Å². The Labute approximate surface area is 138 Å². The van der Waals surface area contributed by atoms with Gasteiger partial charge in [0.1, 0.15) is 0 Å². The highest BCUT2D eigenvalue weighted by molar-refractivity contribution is 7.89. The van der Waals surface area contributed by atoms with E-state index in [1.807, 2.05) is 0 Å². The molecule has 0 unspecified atom stereocenters. The summed E-state index contributed by atoms with van der Waals surface area (Å²) < 4.78 is 25.7. The molecule has 0 heterocycles. The van der Waals surface area contributed by atoms with Crippen LogP contribution in [0.5, 0.6) is 0 Å². The summed E-state index contributed by atoms with van der Waals surface area (Å²) in [4.78, 5) is 12.2. The quantitative estimate of drug-likeness (QED) is 0.881. The van der Waals surface area contributed by atoms with Gasteiger partial charge in [0, 0.05) is 10.6 Å². The van der Waals surface area contributed by atoms with E-state index in [1.165, 1.54) is 37.4 Å². The van der Waals surface area contributed by atoms with E-state index >= 15 is 0 Å². The number of carbonyl (C=O) groups is 1. The molecule has 2 aromatic rings. The minimum absolute atomic E-state index is 0.000147. The number of hydrogen-bond donors (Lipinski definition) is 2.